The van der Waals surface area contributed by atoms with E-state index in [-0.39, 0.29) is 18.3 Å². The minimum atomic E-state index is -0.460. The zero-order chi connectivity index (χ0) is 18.2. The maximum atomic E-state index is 13.4. The summed E-state index contributed by atoms with van der Waals surface area (Å²) >= 11 is 0. The maximum Gasteiger partial charge on any atom is 0.257 e. The number of amides is 1. The van der Waals surface area contributed by atoms with Gasteiger partial charge in [0.05, 0.1) is 0 Å². The number of ether oxygens (including phenoxy) is 1. The number of nitrogens with zero attached hydrogens (tertiary/aromatic N) is 1. The average Bonchev–Trinajstić information content (AvgIpc) is 3.20. The second-order valence-electron chi connectivity index (χ2n) is 6.53. The van der Waals surface area contributed by atoms with E-state index in [4.69, 9.17) is 4.74 Å². The molecule has 0 aromatic heterocycles. The van der Waals surface area contributed by atoms with Gasteiger partial charge in [-0.05, 0) is 55.5 Å². The standard InChI is InChI=1S/C21H25FN2O2/c22-19-7-1-2-8-20(19)26-16-21(25)23-13-5-6-17-9-11-18(12-10-17)24-14-3-4-15-24/h1-2,7-12H,3-6,13-16H2,(H,23,25). The lowest BCUT2D eigenvalue weighted by atomic mass is 10.1. The molecule has 1 heterocycles. The molecule has 4 nitrogen and oxygen atoms in total. The van der Waals surface area contributed by atoms with Crippen molar-refractivity contribution in [3.63, 3.8) is 0 Å². The third-order valence-electron chi connectivity index (χ3n) is 4.57. The molecular formula is C21H25FN2O2. The zero-order valence-electron chi connectivity index (χ0n) is 14.9. The minimum absolute atomic E-state index is 0.0979. The van der Waals surface area contributed by atoms with E-state index in [0.29, 0.717) is 6.54 Å². The van der Waals surface area contributed by atoms with E-state index in [9.17, 15) is 9.18 Å². The number of hydrogen-bond donors (Lipinski definition) is 1. The van der Waals surface area contributed by atoms with Crippen LogP contribution in [0, 0.1) is 5.82 Å². The van der Waals surface area contributed by atoms with Crippen molar-refractivity contribution in [2.45, 2.75) is 25.7 Å². The van der Waals surface area contributed by atoms with Crippen molar-refractivity contribution in [2.75, 3.05) is 31.1 Å². The van der Waals surface area contributed by atoms with Gasteiger partial charge in [-0.25, -0.2) is 4.39 Å². The van der Waals surface area contributed by atoms with E-state index in [1.807, 2.05) is 0 Å². The number of carbonyl (C=O) groups excluding carboxylic acids is 1. The minimum Gasteiger partial charge on any atom is -0.481 e. The first kappa shape index (κ1) is 18.2. The Kier molecular flexibility index (Phi) is 6.47. The van der Waals surface area contributed by atoms with Crippen LogP contribution in [-0.4, -0.2) is 32.1 Å². The Bertz CT molecular complexity index is 712. The SMILES string of the molecule is O=C(COc1ccccc1F)NCCCc1ccc(N2CCCC2)cc1. The van der Waals surface area contributed by atoms with E-state index in [0.717, 1.165) is 25.9 Å². The molecule has 1 aliphatic heterocycles. The van der Waals surface area contributed by atoms with Crippen LogP contribution in [0.1, 0.15) is 24.8 Å². The third-order valence-corrected chi connectivity index (χ3v) is 4.57. The summed E-state index contributed by atoms with van der Waals surface area (Å²) in [5, 5.41) is 2.80. The van der Waals surface area contributed by atoms with Crippen LogP contribution in [0.3, 0.4) is 0 Å². The van der Waals surface area contributed by atoms with Crippen LogP contribution in [0.2, 0.25) is 0 Å². The molecule has 2 aromatic carbocycles. The Morgan fingerprint density at radius 2 is 1.81 bits per heavy atom. The number of aryl methyl sites for hydroxylation is 1. The van der Waals surface area contributed by atoms with Crippen LogP contribution < -0.4 is 15.0 Å². The zero-order valence-corrected chi connectivity index (χ0v) is 14.9. The Morgan fingerprint density at radius 1 is 1.08 bits per heavy atom. The average molecular weight is 356 g/mol. The smallest absolute Gasteiger partial charge is 0.257 e. The van der Waals surface area contributed by atoms with Gasteiger partial charge in [0.15, 0.2) is 18.2 Å². The number of anilines is 1. The molecule has 0 aliphatic carbocycles. The number of nitrogens with one attached hydrogen (secondary N) is 1. The fourth-order valence-corrected chi connectivity index (χ4v) is 3.13. The maximum absolute atomic E-state index is 13.4. The molecule has 138 valence electrons. The number of rotatable bonds is 8. The van der Waals surface area contributed by atoms with E-state index >= 15 is 0 Å². The van der Waals surface area contributed by atoms with Crippen LogP contribution in [0.15, 0.2) is 48.5 Å². The predicted molar refractivity (Wildman–Crippen MR) is 101 cm³/mol. The summed E-state index contributed by atoms with van der Waals surface area (Å²) in [6.07, 6.45) is 4.33. The molecule has 0 saturated carbocycles. The fraction of sp³-hybridized carbons (Fsp3) is 0.381. The second-order valence-corrected chi connectivity index (χ2v) is 6.53. The number of carbonyl (C=O) groups is 1. The van der Waals surface area contributed by atoms with Gasteiger partial charge in [-0.15, -0.1) is 0 Å². The van der Waals surface area contributed by atoms with E-state index in [2.05, 4.69) is 34.5 Å². The summed E-state index contributed by atoms with van der Waals surface area (Å²) in [6.45, 7) is 2.71. The normalized spacial score (nSPS) is 13.7. The molecular weight excluding hydrogens is 331 g/mol. The summed E-state index contributed by atoms with van der Waals surface area (Å²) in [4.78, 5) is 14.2. The quantitative estimate of drug-likeness (QED) is 0.736. The number of halogens is 1. The molecule has 0 spiro atoms. The largest absolute Gasteiger partial charge is 0.481 e. The molecule has 1 saturated heterocycles. The van der Waals surface area contributed by atoms with Gasteiger partial charge >= 0.3 is 0 Å². The van der Waals surface area contributed by atoms with Crippen LogP contribution in [0.5, 0.6) is 5.75 Å². The Labute approximate surface area is 154 Å². The molecule has 3 rings (SSSR count). The Morgan fingerprint density at radius 3 is 2.54 bits per heavy atom. The van der Waals surface area contributed by atoms with Crippen molar-refractivity contribution in [2.24, 2.45) is 0 Å². The number of hydrogen-bond acceptors (Lipinski definition) is 3. The van der Waals surface area contributed by atoms with Crippen LogP contribution >= 0.6 is 0 Å². The molecule has 1 amide bonds. The summed E-state index contributed by atoms with van der Waals surface area (Å²) < 4.78 is 18.6. The van der Waals surface area contributed by atoms with Crippen molar-refractivity contribution in [1.82, 2.24) is 5.32 Å². The molecule has 0 bridgehead atoms. The van der Waals surface area contributed by atoms with Crippen LogP contribution in [-0.2, 0) is 11.2 Å². The van der Waals surface area contributed by atoms with Gasteiger partial charge in [0.25, 0.3) is 5.91 Å². The van der Waals surface area contributed by atoms with Gasteiger partial charge in [-0.1, -0.05) is 24.3 Å². The van der Waals surface area contributed by atoms with Crippen molar-refractivity contribution in [3.8, 4) is 5.75 Å². The van der Waals surface area contributed by atoms with Gasteiger partial charge in [0, 0.05) is 25.3 Å². The van der Waals surface area contributed by atoms with Crippen molar-refractivity contribution >= 4 is 11.6 Å². The molecule has 2 aromatic rings. The Balaban J connectivity index is 1.33. The molecule has 0 atom stereocenters. The summed E-state index contributed by atoms with van der Waals surface area (Å²) in [5.74, 6) is -0.601. The van der Waals surface area contributed by atoms with Gasteiger partial charge in [0.2, 0.25) is 0 Å². The van der Waals surface area contributed by atoms with Gasteiger partial charge in [0.1, 0.15) is 0 Å². The highest BCUT2D eigenvalue weighted by Crippen LogP contribution is 2.20. The van der Waals surface area contributed by atoms with E-state index in [1.54, 1.807) is 12.1 Å². The molecule has 1 N–H and O–H groups in total. The molecule has 0 radical (unpaired) electrons. The van der Waals surface area contributed by atoms with Crippen LogP contribution in [0.25, 0.3) is 0 Å². The highest BCUT2D eigenvalue weighted by Gasteiger charge is 2.11. The van der Waals surface area contributed by atoms with Crippen molar-refractivity contribution < 1.29 is 13.9 Å². The number of benzene rings is 2. The molecule has 1 aliphatic rings. The Hall–Kier alpha value is -2.56. The lowest BCUT2D eigenvalue weighted by Gasteiger charge is -2.17. The van der Waals surface area contributed by atoms with Crippen LogP contribution in [0.4, 0.5) is 10.1 Å². The first-order valence-corrected chi connectivity index (χ1v) is 9.20. The van der Waals surface area contributed by atoms with Gasteiger partial charge < -0.3 is 15.0 Å². The lowest BCUT2D eigenvalue weighted by Crippen LogP contribution is -2.30. The van der Waals surface area contributed by atoms with Crippen molar-refractivity contribution in [3.05, 3.63) is 59.9 Å². The highest BCUT2D eigenvalue weighted by atomic mass is 19.1. The molecule has 0 unspecified atom stereocenters. The first-order chi connectivity index (χ1) is 12.7. The van der Waals surface area contributed by atoms with Gasteiger partial charge in [-0.2, -0.15) is 0 Å². The fourth-order valence-electron chi connectivity index (χ4n) is 3.13. The predicted octanol–water partition coefficient (Wildman–Crippen LogP) is 3.55. The topological polar surface area (TPSA) is 41.6 Å². The molecule has 26 heavy (non-hydrogen) atoms. The van der Waals surface area contributed by atoms with Gasteiger partial charge in [-0.3, -0.25) is 4.79 Å². The number of para-hydroxylation sites is 1. The van der Waals surface area contributed by atoms with E-state index < -0.39 is 5.82 Å². The molecule has 1 fully saturated rings. The summed E-state index contributed by atoms with van der Waals surface area (Å²) in [5.41, 5.74) is 2.56. The summed E-state index contributed by atoms with van der Waals surface area (Å²) in [7, 11) is 0. The van der Waals surface area contributed by atoms with E-state index in [1.165, 1.54) is 36.2 Å². The highest BCUT2D eigenvalue weighted by molar-refractivity contribution is 5.77. The lowest BCUT2D eigenvalue weighted by molar-refractivity contribution is -0.123. The van der Waals surface area contributed by atoms with Crippen molar-refractivity contribution in [1.29, 1.82) is 0 Å². The molecule has 5 heteroatoms. The first-order valence-electron chi connectivity index (χ1n) is 9.20. The second kappa shape index (κ2) is 9.22. The monoisotopic (exact) mass is 356 g/mol. The summed E-state index contributed by atoms with van der Waals surface area (Å²) in [6, 6.07) is 14.8. The third kappa shape index (κ3) is 5.22.